The van der Waals surface area contributed by atoms with Gasteiger partial charge < -0.3 is 9.84 Å². The van der Waals surface area contributed by atoms with Gasteiger partial charge in [-0.25, -0.2) is 0 Å². The maximum atomic E-state index is 9.04. The van der Waals surface area contributed by atoms with Gasteiger partial charge in [-0.2, -0.15) is 5.26 Å². The maximum absolute atomic E-state index is 9.04. The van der Waals surface area contributed by atoms with Crippen molar-refractivity contribution in [1.29, 1.82) is 5.26 Å². The first kappa shape index (κ1) is 8.89. The minimum Gasteiger partial charge on any atom is -0.508 e. The van der Waals surface area contributed by atoms with Gasteiger partial charge in [0, 0.05) is 12.8 Å². The third kappa shape index (κ3) is 1.80. The van der Waals surface area contributed by atoms with Crippen LogP contribution in [0.5, 0.6) is 11.5 Å². The molecule has 0 aliphatic heterocycles. The maximum Gasteiger partial charge on any atom is 0.119 e. The second kappa shape index (κ2) is 3.59. The van der Waals surface area contributed by atoms with E-state index in [9.17, 15) is 0 Å². The molecule has 1 aromatic carbocycles. The lowest BCUT2D eigenvalue weighted by molar-refractivity contribution is 0.0893. The van der Waals surface area contributed by atoms with Gasteiger partial charge in [-0.3, -0.25) is 0 Å². The SMILES string of the molecule is N#C[C@H]1C[C@H](Oc2ccc(O)cc2)C1. The van der Waals surface area contributed by atoms with Crippen LogP contribution >= 0.6 is 0 Å². The standard InChI is InChI=1S/C11H11NO2/c12-7-8-5-11(6-8)14-10-3-1-9(13)2-4-10/h1-4,8,11,13H,5-6H2/t8-,11-. The molecule has 0 aromatic heterocycles. The van der Waals surface area contributed by atoms with Crippen molar-refractivity contribution in [2.24, 2.45) is 5.92 Å². The number of hydrogen-bond acceptors (Lipinski definition) is 3. The highest BCUT2D eigenvalue weighted by molar-refractivity contribution is 5.30. The van der Waals surface area contributed by atoms with Gasteiger partial charge in [-0.05, 0) is 24.3 Å². The summed E-state index contributed by atoms with van der Waals surface area (Å²) in [6.07, 6.45) is 1.80. The number of nitriles is 1. The third-order valence-corrected chi connectivity index (χ3v) is 2.42. The van der Waals surface area contributed by atoms with Gasteiger partial charge in [0.05, 0.1) is 12.0 Å². The fraction of sp³-hybridized carbons (Fsp3) is 0.364. The molecular weight excluding hydrogens is 178 g/mol. The molecule has 0 bridgehead atoms. The molecule has 72 valence electrons. The predicted molar refractivity (Wildman–Crippen MR) is 50.9 cm³/mol. The van der Waals surface area contributed by atoms with Crippen LogP contribution in [0.4, 0.5) is 0 Å². The zero-order chi connectivity index (χ0) is 9.97. The van der Waals surface area contributed by atoms with Crippen molar-refractivity contribution in [3.8, 4) is 17.6 Å². The average molecular weight is 189 g/mol. The van der Waals surface area contributed by atoms with Crippen LogP contribution < -0.4 is 4.74 Å². The number of phenolic OH excluding ortho intramolecular Hbond substituents is 1. The van der Waals surface area contributed by atoms with E-state index in [0.717, 1.165) is 18.6 Å². The number of benzene rings is 1. The van der Waals surface area contributed by atoms with Crippen LogP contribution in [0, 0.1) is 17.2 Å². The molecule has 1 N–H and O–H groups in total. The second-order valence-electron chi connectivity index (χ2n) is 3.53. The topological polar surface area (TPSA) is 53.2 Å². The number of ether oxygens (including phenoxy) is 1. The number of aromatic hydroxyl groups is 1. The zero-order valence-corrected chi connectivity index (χ0v) is 7.68. The van der Waals surface area contributed by atoms with Crippen molar-refractivity contribution in [3.05, 3.63) is 24.3 Å². The van der Waals surface area contributed by atoms with Gasteiger partial charge in [0.1, 0.15) is 17.6 Å². The van der Waals surface area contributed by atoms with E-state index in [2.05, 4.69) is 6.07 Å². The molecule has 0 unspecified atom stereocenters. The van der Waals surface area contributed by atoms with Crippen molar-refractivity contribution in [1.82, 2.24) is 0 Å². The Kier molecular flexibility index (Phi) is 2.28. The Morgan fingerprint density at radius 2 is 1.93 bits per heavy atom. The molecule has 1 aliphatic carbocycles. The van der Waals surface area contributed by atoms with E-state index >= 15 is 0 Å². The molecule has 1 fully saturated rings. The molecule has 3 heteroatoms. The summed E-state index contributed by atoms with van der Waals surface area (Å²) < 4.78 is 5.58. The lowest BCUT2D eigenvalue weighted by atomic mass is 9.83. The molecule has 1 saturated carbocycles. The number of rotatable bonds is 2. The van der Waals surface area contributed by atoms with E-state index in [0.29, 0.717) is 0 Å². The molecule has 2 rings (SSSR count). The molecule has 0 saturated heterocycles. The molecule has 1 aliphatic rings. The lowest BCUT2D eigenvalue weighted by Crippen LogP contribution is -2.32. The van der Waals surface area contributed by atoms with Crippen LogP contribution in [0.3, 0.4) is 0 Å². The average Bonchev–Trinajstić information content (AvgIpc) is 2.13. The Morgan fingerprint density at radius 1 is 1.29 bits per heavy atom. The van der Waals surface area contributed by atoms with Gasteiger partial charge in [0.15, 0.2) is 0 Å². The van der Waals surface area contributed by atoms with Gasteiger partial charge in [0.2, 0.25) is 0 Å². The Balaban J connectivity index is 1.88. The summed E-state index contributed by atoms with van der Waals surface area (Å²) in [7, 11) is 0. The molecule has 0 amide bonds. The molecule has 0 radical (unpaired) electrons. The van der Waals surface area contributed by atoms with Crippen molar-refractivity contribution < 1.29 is 9.84 Å². The van der Waals surface area contributed by atoms with E-state index in [1.54, 1.807) is 24.3 Å². The van der Waals surface area contributed by atoms with Crippen molar-refractivity contribution in [2.45, 2.75) is 18.9 Å². The van der Waals surface area contributed by atoms with Crippen LogP contribution in [-0.4, -0.2) is 11.2 Å². The third-order valence-electron chi connectivity index (χ3n) is 2.42. The summed E-state index contributed by atoms with van der Waals surface area (Å²) in [5.74, 6) is 1.15. The van der Waals surface area contributed by atoms with Gasteiger partial charge in [0.25, 0.3) is 0 Å². The van der Waals surface area contributed by atoms with E-state index < -0.39 is 0 Å². The molecule has 0 heterocycles. The van der Waals surface area contributed by atoms with Gasteiger partial charge >= 0.3 is 0 Å². The van der Waals surface area contributed by atoms with Crippen molar-refractivity contribution in [2.75, 3.05) is 0 Å². The quantitative estimate of drug-likeness (QED) is 0.774. The first-order chi connectivity index (χ1) is 6.78. The monoisotopic (exact) mass is 189 g/mol. The summed E-state index contributed by atoms with van der Waals surface area (Å²) in [6, 6.07) is 8.85. The van der Waals surface area contributed by atoms with Gasteiger partial charge in [-0.15, -0.1) is 0 Å². The smallest absolute Gasteiger partial charge is 0.119 e. The Labute approximate surface area is 82.6 Å². The minimum absolute atomic E-state index is 0.164. The van der Waals surface area contributed by atoms with Crippen LogP contribution in [0.2, 0.25) is 0 Å². The Morgan fingerprint density at radius 3 is 2.50 bits per heavy atom. The first-order valence-electron chi connectivity index (χ1n) is 4.63. The minimum atomic E-state index is 0.164. The number of hydrogen-bond donors (Lipinski definition) is 1. The van der Waals surface area contributed by atoms with Crippen LogP contribution in [0.25, 0.3) is 0 Å². The lowest BCUT2D eigenvalue weighted by Gasteiger charge is -2.30. The van der Waals surface area contributed by atoms with E-state index in [1.165, 1.54) is 0 Å². The summed E-state index contributed by atoms with van der Waals surface area (Å²) in [5.41, 5.74) is 0. The van der Waals surface area contributed by atoms with Crippen LogP contribution in [0.15, 0.2) is 24.3 Å². The van der Waals surface area contributed by atoms with Crippen LogP contribution in [0.1, 0.15) is 12.8 Å². The van der Waals surface area contributed by atoms with E-state index in [-0.39, 0.29) is 17.8 Å². The molecule has 1 aromatic rings. The predicted octanol–water partition coefficient (Wildman–Crippen LogP) is 2.07. The highest BCUT2D eigenvalue weighted by Crippen LogP contribution is 2.30. The van der Waals surface area contributed by atoms with Crippen LogP contribution in [-0.2, 0) is 0 Å². The fourth-order valence-electron chi connectivity index (χ4n) is 1.48. The highest BCUT2D eigenvalue weighted by Gasteiger charge is 2.30. The van der Waals surface area contributed by atoms with Crippen molar-refractivity contribution >= 4 is 0 Å². The first-order valence-corrected chi connectivity index (χ1v) is 4.63. The summed E-state index contributed by atoms with van der Waals surface area (Å²) in [4.78, 5) is 0. The zero-order valence-electron chi connectivity index (χ0n) is 7.68. The fourth-order valence-corrected chi connectivity index (χ4v) is 1.48. The van der Waals surface area contributed by atoms with E-state index in [1.807, 2.05) is 0 Å². The normalized spacial score (nSPS) is 24.8. The Hall–Kier alpha value is -1.69. The largest absolute Gasteiger partial charge is 0.508 e. The number of nitrogens with zero attached hydrogens (tertiary/aromatic N) is 1. The summed E-state index contributed by atoms with van der Waals surface area (Å²) in [5, 5.41) is 17.6. The molecule has 14 heavy (non-hydrogen) atoms. The Bertz CT molecular complexity index is 347. The molecular formula is C11H11NO2. The molecule has 0 atom stereocenters. The summed E-state index contributed by atoms with van der Waals surface area (Å²) >= 11 is 0. The second-order valence-corrected chi connectivity index (χ2v) is 3.53. The van der Waals surface area contributed by atoms with Crippen molar-refractivity contribution in [3.63, 3.8) is 0 Å². The van der Waals surface area contributed by atoms with Gasteiger partial charge in [-0.1, -0.05) is 0 Å². The number of phenols is 1. The highest BCUT2D eigenvalue weighted by atomic mass is 16.5. The molecule has 0 spiro atoms. The van der Waals surface area contributed by atoms with E-state index in [4.69, 9.17) is 15.1 Å². The molecule has 3 nitrogen and oxygen atoms in total. The summed E-state index contributed by atoms with van der Waals surface area (Å²) in [6.45, 7) is 0.